The number of halogens is 1. The van der Waals surface area contributed by atoms with Crippen LogP contribution in [0.1, 0.15) is 32.6 Å². The summed E-state index contributed by atoms with van der Waals surface area (Å²) >= 11 is 7.82. The molecule has 0 spiro atoms. The fourth-order valence-corrected chi connectivity index (χ4v) is 3.83. The summed E-state index contributed by atoms with van der Waals surface area (Å²) in [7, 11) is 0. The van der Waals surface area contributed by atoms with Crippen LogP contribution in [-0.4, -0.2) is 9.55 Å². The quantitative estimate of drug-likeness (QED) is 0.588. The molecule has 1 aliphatic carbocycles. The lowest BCUT2D eigenvalue weighted by molar-refractivity contribution is 0.284. The van der Waals surface area contributed by atoms with Gasteiger partial charge >= 0.3 is 0 Å². The van der Waals surface area contributed by atoms with E-state index in [0.717, 1.165) is 16.8 Å². The van der Waals surface area contributed by atoms with E-state index in [9.17, 15) is 0 Å². The van der Waals surface area contributed by atoms with Crippen molar-refractivity contribution in [2.45, 2.75) is 39.2 Å². The van der Waals surface area contributed by atoms with E-state index in [0.29, 0.717) is 5.41 Å². The molecule has 1 N–H and O–H groups in total. The number of rotatable bonds is 2. The molecule has 0 bridgehead atoms. The largest absolute Gasteiger partial charge is 0.331 e. The second-order valence-electron chi connectivity index (χ2n) is 5.70. The van der Waals surface area contributed by atoms with Crippen LogP contribution in [0.25, 0.3) is 11.0 Å². The number of nitrogens with zero attached hydrogens (tertiary/aromatic N) is 1. The number of imidazole rings is 1. The highest BCUT2D eigenvalue weighted by Gasteiger charge is 2.29. The minimum Gasteiger partial charge on any atom is -0.331 e. The number of H-pyrrole nitrogens is 1. The number of hydrogen-bond acceptors (Lipinski definition) is 1. The van der Waals surface area contributed by atoms with Crippen molar-refractivity contribution in [1.29, 1.82) is 0 Å². The van der Waals surface area contributed by atoms with E-state index in [2.05, 4.69) is 57.3 Å². The molecule has 0 radical (unpaired) electrons. The maximum atomic E-state index is 5.49. The van der Waals surface area contributed by atoms with Crippen molar-refractivity contribution in [3.8, 4) is 0 Å². The van der Waals surface area contributed by atoms with Crippen molar-refractivity contribution in [3.05, 3.63) is 26.5 Å². The molecule has 0 unspecified atom stereocenters. The Hall–Kier alpha value is -0.360. The molecular weight excluding hydrogens is 355 g/mol. The first-order valence-electron chi connectivity index (χ1n) is 6.46. The molecule has 96 valence electrons. The van der Waals surface area contributed by atoms with E-state index >= 15 is 0 Å². The molecule has 1 aromatic carbocycles. The Morgan fingerprint density at radius 3 is 2.83 bits per heavy atom. The third-order valence-electron chi connectivity index (χ3n) is 4.09. The number of aromatic nitrogens is 2. The van der Waals surface area contributed by atoms with E-state index in [4.69, 9.17) is 12.2 Å². The lowest BCUT2D eigenvalue weighted by atomic mass is 9.89. The second kappa shape index (κ2) is 4.63. The predicted molar refractivity (Wildman–Crippen MR) is 86.4 cm³/mol. The summed E-state index contributed by atoms with van der Waals surface area (Å²) in [6, 6.07) is 6.50. The molecule has 1 fully saturated rings. The summed E-state index contributed by atoms with van der Waals surface area (Å²) < 4.78 is 4.39. The highest BCUT2D eigenvalue weighted by atomic mass is 127. The lowest BCUT2D eigenvalue weighted by Gasteiger charge is -2.24. The third-order valence-corrected chi connectivity index (χ3v) is 5.08. The van der Waals surface area contributed by atoms with E-state index < -0.39 is 0 Å². The number of nitrogens with one attached hydrogen (secondary N) is 1. The van der Waals surface area contributed by atoms with Gasteiger partial charge in [0.25, 0.3) is 0 Å². The minimum absolute atomic E-state index is 0.427. The fourth-order valence-electron chi connectivity index (χ4n) is 3.06. The summed E-state index contributed by atoms with van der Waals surface area (Å²) in [5.41, 5.74) is 2.83. The summed E-state index contributed by atoms with van der Waals surface area (Å²) in [4.78, 5) is 3.33. The van der Waals surface area contributed by atoms with Crippen molar-refractivity contribution in [2.75, 3.05) is 0 Å². The molecule has 4 heteroatoms. The molecule has 0 atom stereocenters. The monoisotopic (exact) mass is 372 g/mol. The van der Waals surface area contributed by atoms with Gasteiger partial charge in [0, 0.05) is 10.1 Å². The van der Waals surface area contributed by atoms with Crippen LogP contribution < -0.4 is 0 Å². The van der Waals surface area contributed by atoms with Crippen molar-refractivity contribution >= 4 is 45.8 Å². The molecular formula is C14H17IN2S. The number of aromatic amines is 1. The average Bonchev–Trinajstić information content (AvgIpc) is 2.85. The molecule has 1 heterocycles. The predicted octanol–water partition coefficient (Wildman–Crippen LogP) is 4.88. The molecule has 1 saturated carbocycles. The Bertz CT molecular complexity index is 635. The maximum absolute atomic E-state index is 5.49. The van der Waals surface area contributed by atoms with E-state index in [1.165, 1.54) is 34.8 Å². The number of hydrogen-bond donors (Lipinski definition) is 1. The van der Waals surface area contributed by atoms with Crippen molar-refractivity contribution < 1.29 is 0 Å². The SMILES string of the molecule is CC1(Cn2c(=S)[nH]c3cc(I)ccc32)CCCC1. The normalized spacial score (nSPS) is 18.6. The highest BCUT2D eigenvalue weighted by molar-refractivity contribution is 14.1. The molecule has 0 saturated heterocycles. The van der Waals surface area contributed by atoms with E-state index in [-0.39, 0.29) is 0 Å². The van der Waals surface area contributed by atoms with Gasteiger partial charge in [-0.25, -0.2) is 0 Å². The zero-order chi connectivity index (χ0) is 12.8. The van der Waals surface area contributed by atoms with Crippen LogP contribution in [0.3, 0.4) is 0 Å². The van der Waals surface area contributed by atoms with Gasteiger partial charge in [-0.3, -0.25) is 0 Å². The summed E-state index contributed by atoms with van der Waals surface area (Å²) in [5.74, 6) is 0. The Kier molecular flexibility index (Phi) is 3.26. The van der Waals surface area contributed by atoms with Gasteiger partial charge in [-0.15, -0.1) is 0 Å². The van der Waals surface area contributed by atoms with Crippen LogP contribution in [0, 0.1) is 13.8 Å². The smallest absolute Gasteiger partial charge is 0.178 e. The molecule has 0 amide bonds. The summed E-state index contributed by atoms with van der Waals surface area (Å²) in [6.45, 7) is 3.44. The van der Waals surface area contributed by atoms with Crippen LogP contribution in [0.5, 0.6) is 0 Å². The first kappa shape index (κ1) is 12.7. The van der Waals surface area contributed by atoms with Crippen LogP contribution in [-0.2, 0) is 6.54 Å². The minimum atomic E-state index is 0.427. The molecule has 2 aromatic rings. The summed E-state index contributed by atoms with van der Waals surface area (Å²) in [5, 5.41) is 0. The van der Waals surface area contributed by atoms with E-state index in [1.807, 2.05) is 0 Å². The standard InChI is InChI=1S/C14H17IN2S/c1-14(6-2-3-7-14)9-17-12-5-4-10(15)8-11(12)16-13(17)18/h4-5,8H,2-3,6-7,9H2,1H3,(H,16,18). The van der Waals surface area contributed by atoms with Gasteiger partial charge in [0.05, 0.1) is 11.0 Å². The number of fused-ring (bicyclic) bond motifs is 1. The van der Waals surface area contributed by atoms with Gasteiger partial charge in [0.1, 0.15) is 0 Å². The molecule has 3 rings (SSSR count). The Balaban J connectivity index is 2.06. The topological polar surface area (TPSA) is 20.7 Å². The van der Waals surface area contributed by atoms with Gasteiger partial charge in [-0.1, -0.05) is 19.8 Å². The van der Waals surface area contributed by atoms with Crippen molar-refractivity contribution in [3.63, 3.8) is 0 Å². The van der Waals surface area contributed by atoms with Gasteiger partial charge in [-0.05, 0) is 71.3 Å². The number of benzene rings is 1. The van der Waals surface area contributed by atoms with Gasteiger partial charge in [0.15, 0.2) is 4.77 Å². The molecule has 2 nitrogen and oxygen atoms in total. The van der Waals surface area contributed by atoms with Gasteiger partial charge in [0.2, 0.25) is 0 Å². The van der Waals surface area contributed by atoms with Crippen LogP contribution >= 0.6 is 34.8 Å². The third kappa shape index (κ3) is 2.25. The van der Waals surface area contributed by atoms with Crippen LogP contribution in [0.2, 0.25) is 0 Å². The second-order valence-corrected chi connectivity index (χ2v) is 7.33. The Morgan fingerprint density at radius 2 is 2.11 bits per heavy atom. The molecule has 1 aliphatic rings. The van der Waals surface area contributed by atoms with Gasteiger partial charge < -0.3 is 9.55 Å². The first-order chi connectivity index (χ1) is 8.57. The van der Waals surface area contributed by atoms with E-state index in [1.54, 1.807) is 0 Å². The zero-order valence-electron chi connectivity index (χ0n) is 10.5. The van der Waals surface area contributed by atoms with Crippen molar-refractivity contribution in [2.24, 2.45) is 5.41 Å². The highest BCUT2D eigenvalue weighted by Crippen LogP contribution is 2.39. The van der Waals surface area contributed by atoms with Gasteiger partial charge in [-0.2, -0.15) is 0 Å². The van der Waals surface area contributed by atoms with Crippen LogP contribution in [0.4, 0.5) is 0 Å². The average molecular weight is 372 g/mol. The lowest BCUT2D eigenvalue weighted by Crippen LogP contribution is -2.19. The first-order valence-corrected chi connectivity index (χ1v) is 7.94. The molecule has 18 heavy (non-hydrogen) atoms. The fraction of sp³-hybridized carbons (Fsp3) is 0.500. The maximum Gasteiger partial charge on any atom is 0.178 e. The zero-order valence-corrected chi connectivity index (χ0v) is 13.5. The van der Waals surface area contributed by atoms with Crippen LogP contribution in [0.15, 0.2) is 18.2 Å². The molecule has 0 aliphatic heterocycles. The summed E-state index contributed by atoms with van der Waals surface area (Å²) in [6.07, 6.45) is 5.38. The molecule has 1 aromatic heterocycles. The Morgan fingerprint density at radius 1 is 1.39 bits per heavy atom. The van der Waals surface area contributed by atoms with Crippen molar-refractivity contribution in [1.82, 2.24) is 9.55 Å². The Labute approximate surface area is 126 Å².